The number of aromatic nitrogens is 2. The molecule has 3 heterocycles. The minimum atomic E-state index is 0.235. The Morgan fingerprint density at radius 2 is 2.14 bits per heavy atom. The molecule has 2 aromatic heterocycles. The van der Waals surface area contributed by atoms with Crippen molar-refractivity contribution in [2.24, 2.45) is 0 Å². The topological polar surface area (TPSA) is 64.3 Å². The fourth-order valence-electron chi connectivity index (χ4n) is 2.70. The number of nitrogen functional groups attached to an aromatic ring is 1. The third-order valence-corrected chi connectivity index (χ3v) is 3.84. The molecule has 0 amide bonds. The van der Waals surface area contributed by atoms with Crippen LogP contribution in [0.3, 0.4) is 0 Å². The third kappa shape index (κ3) is 2.97. The fourth-order valence-corrected chi connectivity index (χ4v) is 2.70. The van der Waals surface area contributed by atoms with E-state index in [-0.39, 0.29) is 6.10 Å². The highest BCUT2D eigenvalue weighted by molar-refractivity contribution is 5.76. The average Bonchev–Trinajstić information content (AvgIpc) is 2.85. The zero-order valence-corrected chi connectivity index (χ0v) is 12.4. The van der Waals surface area contributed by atoms with Crippen molar-refractivity contribution in [2.75, 3.05) is 25.9 Å². The number of nitrogens with zero attached hydrogens (tertiary/aromatic N) is 3. The summed E-state index contributed by atoms with van der Waals surface area (Å²) < 4.78 is 5.95. The standard InChI is InChI=1S/C16H20N4O/c1-11-13(14-5-7-18-9-15(14)17)3-4-16(19-11)21-12-6-8-20(2)10-12/h3-5,7,9,12H,6,8,10,17H2,1-2H3. The number of nitrogens with two attached hydrogens (primary N) is 1. The van der Waals surface area contributed by atoms with Gasteiger partial charge in [-0.25, -0.2) is 4.98 Å². The van der Waals surface area contributed by atoms with Gasteiger partial charge in [-0.05, 0) is 32.5 Å². The van der Waals surface area contributed by atoms with Gasteiger partial charge in [0.05, 0.1) is 11.9 Å². The first-order valence-corrected chi connectivity index (χ1v) is 7.16. The summed E-state index contributed by atoms with van der Waals surface area (Å²) in [5.74, 6) is 0.684. The summed E-state index contributed by atoms with van der Waals surface area (Å²) >= 11 is 0. The molecule has 0 radical (unpaired) electrons. The number of aryl methyl sites for hydroxylation is 1. The Kier molecular flexibility index (Phi) is 3.75. The van der Waals surface area contributed by atoms with Gasteiger partial charge in [0.15, 0.2) is 0 Å². The van der Waals surface area contributed by atoms with E-state index in [0.29, 0.717) is 11.6 Å². The Labute approximate surface area is 124 Å². The van der Waals surface area contributed by atoms with Crippen molar-refractivity contribution in [3.8, 4) is 17.0 Å². The maximum absolute atomic E-state index is 5.98. The second kappa shape index (κ2) is 5.69. The fraction of sp³-hybridized carbons (Fsp3) is 0.375. The van der Waals surface area contributed by atoms with Gasteiger partial charge in [-0.1, -0.05) is 0 Å². The van der Waals surface area contributed by atoms with E-state index < -0.39 is 0 Å². The Hall–Kier alpha value is -2.14. The molecular formula is C16H20N4O. The van der Waals surface area contributed by atoms with E-state index in [1.807, 2.05) is 25.1 Å². The van der Waals surface area contributed by atoms with E-state index in [0.717, 1.165) is 36.3 Å². The van der Waals surface area contributed by atoms with Crippen LogP contribution >= 0.6 is 0 Å². The van der Waals surface area contributed by atoms with Crippen LogP contribution in [-0.4, -0.2) is 41.1 Å². The van der Waals surface area contributed by atoms with E-state index in [9.17, 15) is 0 Å². The van der Waals surface area contributed by atoms with Gasteiger partial charge in [-0.2, -0.15) is 0 Å². The highest BCUT2D eigenvalue weighted by Gasteiger charge is 2.21. The number of hydrogen-bond acceptors (Lipinski definition) is 5. The van der Waals surface area contributed by atoms with Crippen molar-refractivity contribution in [1.82, 2.24) is 14.9 Å². The molecular weight excluding hydrogens is 264 g/mol. The molecule has 0 bridgehead atoms. The van der Waals surface area contributed by atoms with Crippen LogP contribution in [0.15, 0.2) is 30.6 Å². The summed E-state index contributed by atoms with van der Waals surface area (Å²) in [7, 11) is 2.11. The molecule has 1 fully saturated rings. The highest BCUT2D eigenvalue weighted by Crippen LogP contribution is 2.28. The average molecular weight is 284 g/mol. The van der Waals surface area contributed by atoms with Gasteiger partial charge in [0.25, 0.3) is 0 Å². The molecule has 110 valence electrons. The lowest BCUT2D eigenvalue weighted by atomic mass is 10.0. The predicted molar refractivity (Wildman–Crippen MR) is 83.1 cm³/mol. The van der Waals surface area contributed by atoms with Gasteiger partial charge in [0.1, 0.15) is 6.10 Å². The molecule has 21 heavy (non-hydrogen) atoms. The van der Waals surface area contributed by atoms with Crippen LogP contribution in [0, 0.1) is 6.92 Å². The van der Waals surface area contributed by atoms with E-state index in [2.05, 4.69) is 21.9 Å². The van der Waals surface area contributed by atoms with Crippen molar-refractivity contribution in [1.29, 1.82) is 0 Å². The zero-order valence-electron chi connectivity index (χ0n) is 12.4. The summed E-state index contributed by atoms with van der Waals surface area (Å²) in [5.41, 5.74) is 9.53. The third-order valence-electron chi connectivity index (χ3n) is 3.84. The zero-order chi connectivity index (χ0) is 14.8. The molecule has 0 aliphatic carbocycles. The lowest BCUT2D eigenvalue weighted by molar-refractivity contribution is 0.200. The molecule has 1 unspecified atom stereocenters. The Balaban J connectivity index is 1.82. The summed E-state index contributed by atoms with van der Waals surface area (Å²) in [6.07, 6.45) is 4.69. The van der Waals surface area contributed by atoms with Crippen LogP contribution in [0.1, 0.15) is 12.1 Å². The van der Waals surface area contributed by atoms with Gasteiger partial charge in [0, 0.05) is 42.2 Å². The highest BCUT2D eigenvalue weighted by atomic mass is 16.5. The largest absolute Gasteiger partial charge is 0.473 e. The van der Waals surface area contributed by atoms with Crippen LogP contribution in [0.2, 0.25) is 0 Å². The number of ether oxygens (including phenoxy) is 1. The Morgan fingerprint density at radius 3 is 2.81 bits per heavy atom. The van der Waals surface area contributed by atoms with Crippen molar-refractivity contribution >= 4 is 5.69 Å². The van der Waals surface area contributed by atoms with Crippen molar-refractivity contribution in [3.05, 3.63) is 36.3 Å². The molecule has 5 nitrogen and oxygen atoms in total. The van der Waals surface area contributed by atoms with Crippen LogP contribution < -0.4 is 10.5 Å². The van der Waals surface area contributed by atoms with Gasteiger partial charge in [-0.3, -0.25) is 4.98 Å². The van der Waals surface area contributed by atoms with Gasteiger partial charge < -0.3 is 15.4 Å². The van der Waals surface area contributed by atoms with E-state index >= 15 is 0 Å². The van der Waals surface area contributed by atoms with Gasteiger partial charge in [-0.15, -0.1) is 0 Å². The monoisotopic (exact) mass is 284 g/mol. The van der Waals surface area contributed by atoms with Crippen LogP contribution in [0.5, 0.6) is 5.88 Å². The molecule has 2 N–H and O–H groups in total. The molecule has 5 heteroatoms. The van der Waals surface area contributed by atoms with E-state index in [1.54, 1.807) is 12.4 Å². The Bertz CT molecular complexity index is 644. The van der Waals surface area contributed by atoms with E-state index in [1.165, 1.54) is 0 Å². The summed E-state index contributed by atoms with van der Waals surface area (Å²) in [4.78, 5) is 10.8. The second-order valence-corrected chi connectivity index (χ2v) is 5.54. The molecule has 1 aliphatic rings. The first-order chi connectivity index (χ1) is 10.1. The van der Waals surface area contributed by atoms with Crippen molar-refractivity contribution in [2.45, 2.75) is 19.4 Å². The first-order valence-electron chi connectivity index (χ1n) is 7.16. The first kappa shape index (κ1) is 13.8. The maximum atomic E-state index is 5.98. The maximum Gasteiger partial charge on any atom is 0.213 e. The number of anilines is 1. The van der Waals surface area contributed by atoms with Crippen LogP contribution in [-0.2, 0) is 0 Å². The molecule has 1 saturated heterocycles. The SMILES string of the molecule is Cc1nc(OC2CCN(C)C2)ccc1-c1ccncc1N. The molecule has 1 aliphatic heterocycles. The van der Waals surface area contributed by atoms with Crippen LogP contribution in [0.25, 0.3) is 11.1 Å². The predicted octanol–water partition coefficient (Wildman–Crippen LogP) is 2.12. The second-order valence-electron chi connectivity index (χ2n) is 5.54. The van der Waals surface area contributed by atoms with Gasteiger partial charge in [0.2, 0.25) is 5.88 Å². The normalized spacial score (nSPS) is 18.9. The van der Waals surface area contributed by atoms with Crippen LogP contribution in [0.4, 0.5) is 5.69 Å². The lowest BCUT2D eigenvalue weighted by Crippen LogP contribution is -2.21. The molecule has 2 aromatic rings. The smallest absolute Gasteiger partial charge is 0.213 e. The molecule has 1 atom stereocenters. The number of likely N-dealkylation sites (N-methyl/N-ethyl adjacent to an activating group) is 1. The quantitative estimate of drug-likeness (QED) is 0.935. The molecule has 0 spiro atoms. The number of rotatable bonds is 3. The molecule has 0 aromatic carbocycles. The number of pyridine rings is 2. The number of likely N-dealkylation sites (tertiary alicyclic amines) is 1. The van der Waals surface area contributed by atoms with Crippen molar-refractivity contribution in [3.63, 3.8) is 0 Å². The van der Waals surface area contributed by atoms with Gasteiger partial charge >= 0.3 is 0 Å². The van der Waals surface area contributed by atoms with Crippen molar-refractivity contribution < 1.29 is 4.74 Å². The number of hydrogen-bond donors (Lipinski definition) is 1. The summed E-state index contributed by atoms with van der Waals surface area (Å²) in [6, 6.07) is 5.84. The van der Waals surface area contributed by atoms with E-state index in [4.69, 9.17) is 10.5 Å². The Morgan fingerprint density at radius 1 is 1.29 bits per heavy atom. The lowest BCUT2D eigenvalue weighted by Gasteiger charge is -2.15. The summed E-state index contributed by atoms with van der Waals surface area (Å²) in [5, 5.41) is 0. The minimum absolute atomic E-state index is 0.235. The summed E-state index contributed by atoms with van der Waals surface area (Å²) in [6.45, 7) is 4.01. The molecule has 3 rings (SSSR count). The molecule has 0 saturated carbocycles. The minimum Gasteiger partial charge on any atom is -0.473 e.